The molecule has 3 heterocycles. The van der Waals surface area contributed by atoms with E-state index in [2.05, 4.69) is 20.2 Å². The lowest BCUT2D eigenvalue weighted by molar-refractivity contribution is -0.125. The fourth-order valence-electron chi connectivity index (χ4n) is 3.16. The van der Waals surface area contributed by atoms with E-state index in [1.54, 1.807) is 24.4 Å². The SMILES string of the molecule is O=C(O)c1ccc2nc(N3CCC(C(=O)NCc4nccs4)CC3)sc2c1. The molecule has 1 aliphatic heterocycles. The number of hydrogen-bond donors (Lipinski definition) is 2. The number of anilines is 1. The molecule has 3 aromatic rings. The van der Waals surface area contributed by atoms with Crippen LogP contribution in [0.15, 0.2) is 29.8 Å². The molecule has 4 rings (SSSR count). The molecule has 0 unspecified atom stereocenters. The van der Waals surface area contributed by atoms with Gasteiger partial charge in [-0.2, -0.15) is 0 Å². The molecule has 27 heavy (non-hydrogen) atoms. The second kappa shape index (κ2) is 7.61. The molecule has 1 fully saturated rings. The first-order valence-electron chi connectivity index (χ1n) is 8.65. The molecule has 1 saturated heterocycles. The minimum absolute atomic E-state index is 0.00852. The second-order valence-electron chi connectivity index (χ2n) is 6.39. The zero-order valence-corrected chi connectivity index (χ0v) is 16.1. The third-order valence-corrected chi connectivity index (χ3v) is 6.52. The Balaban J connectivity index is 1.36. The van der Waals surface area contributed by atoms with Crippen molar-refractivity contribution in [2.45, 2.75) is 19.4 Å². The molecule has 0 spiro atoms. The summed E-state index contributed by atoms with van der Waals surface area (Å²) in [7, 11) is 0. The summed E-state index contributed by atoms with van der Waals surface area (Å²) >= 11 is 3.03. The number of aromatic nitrogens is 2. The zero-order valence-electron chi connectivity index (χ0n) is 14.4. The molecule has 0 bridgehead atoms. The lowest BCUT2D eigenvalue weighted by Crippen LogP contribution is -2.40. The molecule has 7 nitrogen and oxygen atoms in total. The van der Waals surface area contributed by atoms with Crippen LogP contribution < -0.4 is 10.2 Å². The van der Waals surface area contributed by atoms with Crippen molar-refractivity contribution < 1.29 is 14.7 Å². The van der Waals surface area contributed by atoms with E-state index in [-0.39, 0.29) is 17.4 Å². The highest BCUT2D eigenvalue weighted by Crippen LogP contribution is 2.32. The first kappa shape index (κ1) is 17.9. The average Bonchev–Trinajstić information content (AvgIpc) is 3.35. The molecule has 0 radical (unpaired) electrons. The van der Waals surface area contributed by atoms with E-state index >= 15 is 0 Å². The quantitative estimate of drug-likeness (QED) is 0.681. The maximum absolute atomic E-state index is 12.4. The number of carbonyl (C=O) groups is 2. The van der Waals surface area contributed by atoms with E-state index in [9.17, 15) is 9.59 Å². The Bertz CT molecular complexity index is 962. The predicted octanol–water partition coefficient (Wildman–Crippen LogP) is 2.98. The number of piperidine rings is 1. The number of nitrogens with zero attached hydrogens (tertiary/aromatic N) is 3. The van der Waals surface area contributed by atoms with Gasteiger partial charge < -0.3 is 15.3 Å². The molecular weight excluding hydrogens is 384 g/mol. The van der Waals surface area contributed by atoms with Gasteiger partial charge in [-0.15, -0.1) is 11.3 Å². The average molecular weight is 403 g/mol. The van der Waals surface area contributed by atoms with Gasteiger partial charge in [-0.25, -0.2) is 14.8 Å². The van der Waals surface area contributed by atoms with Crippen LogP contribution in [0, 0.1) is 5.92 Å². The van der Waals surface area contributed by atoms with Gasteiger partial charge in [0.2, 0.25) is 5.91 Å². The van der Waals surface area contributed by atoms with Gasteiger partial charge in [0.25, 0.3) is 0 Å². The first-order valence-corrected chi connectivity index (χ1v) is 10.3. The Kier molecular flexibility index (Phi) is 5.04. The van der Waals surface area contributed by atoms with Crippen LogP contribution in [0.5, 0.6) is 0 Å². The van der Waals surface area contributed by atoms with Crippen LogP contribution >= 0.6 is 22.7 Å². The predicted molar refractivity (Wildman–Crippen MR) is 105 cm³/mol. The summed E-state index contributed by atoms with van der Waals surface area (Å²) in [5.74, 6) is -0.842. The highest BCUT2D eigenvalue weighted by molar-refractivity contribution is 7.22. The molecule has 0 saturated carbocycles. The van der Waals surface area contributed by atoms with Crippen LogP contribution in [0.1, 0.15) is 28.2 Å². The molecule has 1 aromatic carbocycles. The second-order valence-corrected chi connectivity index (χ2v) is 8.38. The van der Waals surface area contributed by atoms with Gasteiger partial charge in [-0.05, 0) is 31.0 Å². The fourth-order valence-corrected chi connectivity index (χ4v) is 4.77. The van der Waals surface area contributed by atoms with Gasteiger partial charge in [-0.1, -0.05) is 11.3 Å². The number of amides is 1. The number of hydrogen-bond acceptors (Lipinski definition) is 7. The Hall–Kier alpha value is -2.52. The molecule has 1 aliphatic rings. The smallest absolute Gasteiger partial charge is 0.335 e. The summed E-state index contributed by atoms with van der Waals surface area (Å²) in [6.07, 6.45) is 3.29. The normalized spacial score (nSPS) is 15.2. The number of carboxylic acid groups (broad SMARTS) is 1. The van der Waals surface area contributed by atoms with E-state index in [4.69, 9.17) is 5.11 Å². The number of benzene rings is 1. The number of carbonyl (C=O) groups excluding carboxylic acids is 1. The third kappa shape index (κ3) is 3.93. The summed E-state index contributed by atoms with van der Waals surface area (Å²) in [5, 5.41) is 15.8. The maximum atomic E-state index is 12.4. The van der Waals surface area contributed by atoms with Crippen LogP contribution in [0.4, 0.5) is 5.13 Å². The van der Waals surface area contributed by atoms with Gasteiger partial charge in [0.15, 0.2) is 5.13 Å². The van der Waals surface area contributed by atoms with E-state index in [1.807, 2.05) is 5.38 Å². The van der Waals surface area contributed by atoms with Gasteiger partial charge in [-0.3, -0.25) is 4.79 Å². The van der Waals surface area contributed by atoms with Crippen molar-refractivity contribution >= 4 is 49.9 Å². The summed E-state index contributed by atoms with van der Waals surface area (Å²) in [6.45, 7) is 2.02. The number of aromatic carboxylic acids is 1. The highest BCUT2D eigenvalue weighted by Gasteiger charge is 2.26. The van der Waals surface area contributed by atoms with Crippen LogP contribution in [0.2, 0.25) is 0 Å². The summed E-state index contributed by atoms with van der Waals surface area (Å²) in [5.41, 5.74) is 1.08. The topological polar surface area (TPSA) is 95.4 Å². The number of carboxylic acids is 1. The highest BCUT2D eigenvalue weighted by atomic mass is 32.1. The van der Waals surface area contributed by atoms with Crippen molar-refractivity contribution in [3.63, 3.8) is 0 Å². The molecule has 2 N–H and O–H groups in total. The van der Waals surface area contributed by atoms with Gasteiger partial charge in [0, 0.05) is 30.6 Å². The molecule has 0 aliphatic carbocycles. The zero-order chi connectivity index (χ0) is 18.8. The van der Waals surface area contributed by atoms with E-state index in [0.717, 1.165) is 46.3 Å². The van der Waals surface area contributed by atoms with Gasteiger partial charge in [0.05, 0.1) is 22.3 Å². The van der Waals surface area contributed by atoms with Gasteiger partial charge >= 0.3 is 5.97 Å². The van der Waals surface area contributed by atoms with Crippen LogP contribution in [-0.2, 0) is 11.3 Å². The summed E-state index contributed by atoms with van der Waals surface area (Å²) < 4.78 is 0.869. The van der Waals surface area contributed by atoms with Crippen molar-refractivity contribution in [3.05, 3.63) is 40.3 Å². The van der Waals surface area contributed by atoms with Crippen LogP contribution in [0.25, 0.3) is 10.2 Å². The van der Waals surface area contributed by atoms with Crippen molar-refractivity contribution in [2.24, 2.45) is 5.92 Å². The lowest BCUT2D eigenvalue weighted by atomic mass is 9.96. The van der Waals surface area contributed by atoms with Gasteiger partial charge in [0.1, 0.15) is 5.01 Å². The number of rotatable bonds is 5. The molecule has 2 aromatic heterocycles. The first-order chi connectivity index (χ1) is 13.1. The maximum Gasteiger partial charge on any atom is 0.335 e. The molecule has 1 amide bonds. The van der Waals surface area contributed by atoms with Crippen LogP contribution in [0.3, 0.4) is 0 Å². The Morgan fingerprint density at radius 3 is 2.81 bits per heavy atom. The van der Waals surface area contributed by atoms with E-state index < -0.39 is 5.97 Å². The summed E-state index contributed by atoms with van der Waals surface area (Å²) in [6, 6.07) is 4.99. The Morgan fingerprint density at radius 1 is 1.30 bits per heavy atom. The standard InChI is InChI=1S/C18H18N4O3S2/c23-16(20-10-15-19-5-8-26-15)11-3-6-22(7-4-11)18-21-13-2-1-12(17(24)25)9-14(13)27-18/h1-2,5,8-9,11H,3-4,6-7,10H2,(H,20,23)(H,24,25). The van der Waals surface area contributed by atoms with E-state index in [1.165, 1.54) is 22.7 Å². The third-order valence-electron chi connectivity index (χ3n) is 4.66. The Labute approximate surface area is 163 Å². The van der Waals surface area contributed by atoms with E-state index in [0.29, 0.717) is 6.54 Å². The van der Waals surface area contributed by atoms with Crippen molar-refractivity contribution in [2.75, 3.05) is 18.0 Å². The minimum Gasteiger partial charge on any atom is -0.478 e. The molecule has 0 atom stereocenters. The van der Waals surface area contributed by atoms with Crippen molar-refractivity contribution in [1.29, 1.82) is 0 Å². The largest absolute Gasteiger partial charge is 0.478 e. The molecule has 9 heteroatoms. The number of fused-ring (bicyclic) bond motifs is 1. The number of thiazole rings is 2. The van der Waals surface area contributed by atoms with Crippen LogP contribution in [-0.4, -0.2) is 40.0 Å². The minimum atomic E-state index is -0.934. The fraction of sp³-hybridized carbons (Fsp3) is 0.333. The summed E-state index contributed by atoms with van der Waals surface area (Å²) in [4.78, 5) is 34.4. The van der Waals surface area contributed by atoms with Crippen molar-refractivity contribution in [3.8, 4) is 0 Å². The molecule has 140 valence electrons. The Morgan fingerprint density at radius 2 is 2.11 bits per heavy atom. The molecular formula is C18H18N4O3S2. The number of nitrogens with one attached hydrogen (secondary N) is 1. The van der Waals surface area contributed by atoms with Crippen molar-refractivity contribution in [1.82, 2.24) is 15.3 Å². The monoisotopic (exact) mass is 402 g/mol. The lowest BCUT2D eigenvalue weighted by Gasteiger charge is -2.30.